The van der Waals surface area contributed by atoms with Gasteiger partial charge in [-0.05, 0) is 26.6 Å². The Morgan fingerprint density at radius 3 is 2.17 bits per heavy atom. The molecule has 0 bridgehead atoms. The minimum atomic E-state index is -1.52. The zero-order valence-electron chi connectivity index (χ0n) is 8.55. The van der Waals surface area contributed by atoms with Crippen molar-refractivity contribution in [2.45, 2.75) is 26.6 Å². The van der Waals surface area contributed by atoms with E-state index in [4.69, 9.17) is 9.16 Å². The van der Waals surface area contributed by atoms with Crippen LogP contribution in [0.2, 0.25) is 19.6 Å². The van der Waals surface area contributed by atoms with Crippen molar-refractivity contribution in [1.29, 1.82) is 0 Å². The summed E-state index contributed by atoms with van der Waals surface area (Å²) >= 11 is 0. The standard InChI is InChI=1S/C9H18O2Si/c1-6-7-8-9(10-2)11-12(3,4)5/h6-8H,1-5H3. The van der Waals surface area contributed by atoms with E-state index in [1.807, 2.05) is 25.2 Å². The quantitative estimate of drug-likeness (QED) is 0.382. The third kappa shape index (κ3) is 6.04. The molecule has 0 heterocycles. The molecular weight excluding hydrogens is 168 g/mol. The maximum atomic E-state index is 5.62. The Hall–Kier alpha value is -0.703. The second kappa shape index (κ2) is 5.03. The molecule has 0 N–H and O–H groups in total. The molecule has 0 radical (unpaired) electrons. The van der Waals surface area contributed by atoms with Crippen molar-refractivity contribution in [2.24, 2.45) is 0 Å². The van der Waals surface area contributed by atoms with Gasteiger partial charge in [0.2, 0.25) is 8.32 Å². The smallest absolute Gasteiger partial charge is 0.264 e. The number of allylic oxidation sites excluding steroid dienone is 3. The summed E-state index contributed by atoms with van der Waals surface area (Å²) in [4.78, 5) is 0. The Morgan fingerprint density at radius 1 is 1.25 bits per heavy atom. The molecule has 0 aromatic rings. The van der Waals surface area contributed by atoms with Crippen molar-refractivity contribution in [1.82, 2.24) is 0 Å². The van der Waals surface area contributed by atoms with Crippen LogP contribution >= 0.6 is 0 Å². The summed E-state index contributed by atoms with van der Waals surface area (Å²) in [6.07, 6.45) is 5.67. The predicted molar refractivity (Wildman–Crippen MR) is 54.3 cm³/mol. The number of hydrogen-bond donors (Lipinski definition) is 0. The highest BCUT2D eigenvalue weighted by atomic mass is 28.4. The van der Waals surface area contributed by atoms with Gasteiger partial charge < -0.3 is 9.16 Å². The Labute approximate surface area is 76.0 Å². The fraction of sp³-hybridized carbons (Fsp3) is 0.556. The molecule has 0 rings (SSSR count). The van der Waals surface area contributed by atoms with Crippen LogP contribution in [0.3, 0.4) is 0 Å². The minimum absolute atomic E-state index is 0.604. The number of hydrogen-bond acceptors (Lipinski definition) is 2. The van der Waals surface area contributed by atoms with Gasteiger partial charge in [0, 0.05) is 6.08 Å². The number of ether oxygens (including phenoxy) is 1. The normalized spacial score (nSPS) is 13.6. The summed E-state index contributed by atoms with van der Waals surface area (Å²) in [6, 6.07) is 0. The second-order valence-electron chi connectivity index (χ2n) is 3.43. The first-order chi connectivity index (χ1) is 5.49. The molecule has 0 aromatic heterocycles. The molecule has 0 unspecified atom stereocenters. The van der Waals surface area contributed by atoms with Crippen LogP contribution in [0.1, 0.15) is 6.92 Å². The zero-order chi connectivity index (χ0) is 9.61. The van der Waals surface area contributed by atoms with E-state index in [2.05, 4.69) is 19.6 Å². The van der Waals surface area contributed by atoms with E-state index in [0.29, 0.717) is 5.95 Å². The lowest BCUT2D eigenvalue weighted by molar-refractivity contribution is 0.147. The lowest BCUT2D eigenvalue weighted by atomic mass is 10.5. The van der Waals surface area contributed by atoms with E-state index in [1.54, 1.807) is 7.11 Å². The van der Waals surface area contributed by atoms with Gasteiger partial charge >= 0.3 is 0 Å². The Bertz CT molecular complexity index is 177. The Kier molecular flexibility index (Phi) is 4.74. The van der Waals surface area contributed by atoms with Crippen LogP contribution in [-0.2, 0) is 9.16 Å². The molecule has 0 atom stereocenters. The molecular formula is C9H18O2Si. The summed E-state index contributed by atoms with van der Waals surface area (Å²) < 4.78 is 10.7. The zero-order valence-corrected chi connectivity index (χ0v) is 9.55. The number of rotatable bonds is 4. The highest BCUT2D eigenvalue weighted by molar-refractivity contribution is 6.69. The van der Waals surface area contributed by atoms with Gasteiger partial charge in [0.1, 0.15) is 0 Å². The fourth-order valence-corrected chi connectivity index (χ4v) is 1.38. The van der Waals surface area contributed by atoms with E-state index in [-0.39, 0.29) is 0 Å². The van der Waals surface area contributed by atoms with Crippen molar-refractivity contribution >= 4 is 8.32 Å². The van der Waals surface area contributed by atoms with Gasteiger partial charge in [0.25, 0.3) is 5.95 Å². The molecule has 0 fully saturated rings. The van der Waals surface area contributed by atoms with Gasteiger partial charge in [-0.3, -0.25) is 0 Å². The maximum absolute atomic E-state index is 5.62. The lowest BCUT2D eigenvalue weighted by Gasteiger charge is -2.19. The van der Waals surface area contributed by atoms with Crippen molar-refractivity contribution in [3.05, 3.63) is 24.2 Å². The van der Waals surface area contributed by atoms with Crippen molar-refractivity contribution in [3.63, 3.8) is 0 Å². The molecule has 0 aliphatic heterocycles. The third-order valence-electron chi connectivity index (χ3n) is 1.03. The topological polar surface area (TPSA) is 18.5 Å². The first kappa shape index (κ1) is 11.3. The van der Waals surface area contributed by atoms with E-state index in [1.165, 1.54) is 0 Å². The van der Waals surface area contributed by atoms with Gasteiger partial charge in [-0.1, -0.05) is 12.2 Å². The van der Waals surface area contributed by atoms with E-state index >= 15 is 0 Å². The molecule has 0 aliphatic rings. The van der Waals surface area contributed by atoms with Gasteiger partial charge in [-0.2, -0.15) is 0 Å². The first-order valence-corrected chi connectivity index (χ1v) is 7.46. The van der Waals surface area contributed by atoms with Crippen LogP contribution in [0.5, 0.6) is 0 Å². The molecule has 12 heavy (non-hydrogen) atoms. The maximum Gasteiger partial charge on any atom is 0.264 e. The van der Waals surface area contributed by atoms with Crippen molar-refractivity contribution < 1.29 is 9.16 Å². The van der Waals surface area contributed by atoms with Crippen molar-refractivity contribution in [2.75, 3.05) is 7.11 Å². The van der Waals surface area contributed by atoms with Crippen LogP contribution in [0.15, 0.2) is 24.2 Å². The molecule has 2 nitrogen and oxygen atoms in total. The first-order valence-electron chi connectivity index (χ1n) is 4.05. The summed E-state index contributed by atoms with van der Waals surface area (Å²) in [7, 11) is 0.102. The summed E-state index contributed by atoms with van der Waals surface area (Å²) in [6.45, 7) is 8.32. The van der Waals surface area contributed by atoms with Gasteiger partial charge in [0.15, 0.2) is 0 Å². The molecule has 0 saturated carbocycles. The lowest BCUT2D eigenvalue weighted by Crippen LogP contribution is -2.25. The molecule has 0 amide bonds. The van der Waals surface area contributed by atoms with Gasteiger partial charge in [-0.15, -0.1) is 0 Å². The summed E-state index contributed by atoms with van der Waals surface area (Å²) in [5, 5.41) is 0. The Balaban J connectivity index is 4.18. The highest BCUT2D eigenvalue weighted by Crippen LogP contribution is 2.10. The third-order valence-corrected chi connectivity index (χ3v) is 1.85. The van der Waals surface area contributed by atoms with E-state index in [9.17, 15) is 0 Å². The second-order valence-corrected chi connectivity index (χ2v) is 7.86. The van der Waals surface area contributed by atoms with Crippen LogP contribution in [0, 0.1) is 0 Å². The predicted octanol–water partition coefficient (Wildman–Crippen LogP) is 2.90. The molecule has 70 valence electrons. The van der Waals surface area contributed by atoms with Gasteiger partial charge in [0.05, 0.1) is 7.11 Å². The largest absolute Gasteiger partial charge is 0.520 e. The van der Waals surface area contributed by atoms with Crippen LogP contribution in [0.4, 0.5) is 0 Å². The molecule has 0 saturated heterocycles. The van der Waals surface area contributed by atoms with Gasteiger partial charge in [-0.25, -0.2) is 0 Å². The van der Waals surface area contributed by atoms with E-state index < -0.39 is 8.32 Å². The monoisotopic (exact) mass is 186 g/mol. The van der Waals surface area contributed by atoms with Crippen LogP contribution in [0.25, 0.3) is 0 Å². The average Bonchev–Trinajstić information content (AvgIpc) is 1.95. The Morgan fingerprint density at radius 2 is 1.83 bits per heavy atom. The molecule has 3 heteroatoms. The van der Waals surface area contributed by atoms with Crippen molar-refractivity contribution in [3.8, 4) is 0 Å². The minimum Gasteiger partial charge on any atom is -0.520 e. The summed E-state index contributed by atoms with van der Waals surface area (Å²) in [5.41, 5.74) is 0. The van der Waals surface area contributed by atoms with E-state index in [0.717, 1.165) is 0 Å². The average molecular weight is 186 g/mol. The molecule has 0 spiro atoms. The van der Waals surface area contributed by atoms with Crippen LogP contribution in [-0.4, -0.2) is 15.4 Å². The van der Waals surface area contributed by atoms with Crippen LogP contribution < -0.4 is 0 Å². The molecule has 0 aliphatic carbocycles. The fourth-order valence-electron chi connectivity index (χ4n) is 0.620. The number of methoxy groups -OCH3 is 1. The SMILES string of the molecule is CC=CC=C(OC)O[Si](C)(C)C. The highest BCUT2D eigenvalue weighted by Gasteiger charge is 2.17. The molecule has 0 aromatic carbocycles. The summed E-state index contributed by atoms with van der Waals surface area (Å²) in [5.74, 6) is 0.604.